The number of hydrogen-bond acceptors (Lipinski definition) is 5. The van der Waals surface area contributed by atoms with Crippen molar-refractivity contribution in [3.63, 3.8) is 0 Å². The molecule has 1 saturated heterocycles. The van der Waals surface area contributed by atoms with Crippen LogP contribution in [0.25, 0.3) is 0 Å². The molecule has 1 aromatic rings. The molecule has 1 aliphatic rings. The van der Waals surface area contributed by atoms with Crippen LogP contribution in [0.5, 0.6) is 5.75 Å². The Morgan fingerprint density at radius 2 is 2.08 bits per heavy atom. The van der Waals surface area contributed by atoms with E-state index >= 15 is 0 Å². The third-order valence-electron chi connectivity index (χ3n) is 3.99. The first-order valence-electron chi connectivity index (χ1n) is 8.14. The van der Waals surface area contributed by atoms with Gasteiger partial charge in [0.1, 0.15) is 5.75 Å². The highest BCUT2D eigenvalue weighted by Crippen LogP contribution is 2.25. The second-order valence-corrected chi connectivity index (χ2v) is 6.43. The number of nitrogens with one attached hydrogen (secondary N) is 1. The van der Waals surface area contributed by atoms with Crippen LogP contribution in [-0.4, -0.2) is 61.6 Å². The monoisotopic (exact) mass is 344 g/mol. The molecule has 0 aromatic heterocycles. The lowest BCUT2D eigenvalue weighted by molar-refractivity contribution is -0.0511. The number of rotatable bonds is 8. The standard InChI is InChI=1S/C17H26F2N2O3/c1-13-4-3-5-14(15(13)24-16(18)19)10-20-11-17(2,22)12-21-6-8-23-9-7-21/h3-5,16,20,22H,6-12H2,1-2H3. The molecule has 0 spiro atoms. The van der Waals surface area contributed by atoms with Crippen molar-refractivity contribution in [1.82, 2.24) is 10.2 Å². The second-order valence-electron chi connectivity index (χ2n) is 6.43. The first-order chi connectivity index (χ1) is 11.4. The van der Waals surface area contributed by atoms with Crippen LogP contribution in [0.2, 0.25) is 0 Å². The summed E-state index contributed by atoms with van der Waals surface area (Å²) in [5.41, 5.74) is 0.400. The van der Waals surface area contributed by atoms with Gasteiger partial charge in [-0.2, -0.15) is 8.78 Å². The summed E-state index contributed by atoms with van der Waals surface area (Å²) in [7, 11) is 0. The van der Waals surface area contributed by atoms with Crippen molar-refractivity contribution < 1.29 is 23.4 Å². The Morgan fingerprint density at radius 1 is 1.38 bits per heavy atom. The predicted molar refractivity (Wildman–Crippen MR) is 87.4 cm³/mol. The minimum Gasteiger partial charge on any atom is -0.434 e. The van der Waals surface area contributed by atoms with Crippen LogP contribution in [0, 0.1) is 6.92 Å². The molecule has 24 heavy (non-hydrogen) atoms. The van der Waals surface area contributed by atoms with E-state index in [1.165, 1.54) is 0 Å². The number of para-hydroxylation sites is 1. The summed E-state index contributed by atoms with van der Waals surface area (Å²) in [6.07, 6.45) is 0. The van der Waals surface area contributed by atoms with E-state index in [0.717, 1.165) is 13.1 Å². The molecular formula is C17H26F2N2O3. The normalized spacial score (nSPS) is 18.6. The lowest BCUT2D eigenvalue weighted by atomic mass is 10.1. The van der Waals surface area contributed by atoms with Crippen LogP contribution in [0.1, 0.15) is 18.1 Å². The van der Waals surface area contributed by atoms with Crippen molar-refractivity contribution in [2.45, 2.75) is 32.6 Å². The lowest BCUT2D eigenvalue weighted by Gasteiger charge is -2.34. The molecule has 0 amide bonds. The molecule has 5 nitrogen and oxygen atoms in total. The Labute approximate surface area is 141 Å². The fraction of sp³-hybridized carbons (Fsp3) is 0.647. The zero-order chi connectivity index (χ0) is 17.6. The van der Waals surface area contributed by atoms with E-state index in [2.05, 4.69) is 15.0 Å². The molecule has 1 aliphatic heterocycles. The minimum absolute atomic E-state index is 0.202. The van der Waals surface area contributed by atoms with Crippen molar-refractivity contribution in [3.05, 3.63) is 29.3 Å². The molecule has 7 heteroatoms. The number of morpholine rings is 1. The highest BCUT2D eigenvalue weighted by molar-refractivity contribution is 5.40. The molecule has 1 fully saturated rings. The number of hydrogen-bond donors (Lipinski definition) is 2. The molecule has 1 aromatic carbocycles. The van der Waals surface area contributed by atoms with E-state index in [9.17, 15) is 13.9 Å². The van der Waals surface area contributed by atoms with Gasteiger partial charge in [0, 0.05) is 38.3 Å². The molecule has 0 aliphatic carbocycles. The van der Waals surface area contributed by atoms with Gasteiger partial charge in [0.2, 0.25) is 0 Å². The van der Waals surface area contributed by atoms with Crippen molar-refractivity contribution in [2.75, 3.05) is 39.4 Å². The fourth-order valence-corrected chi connectivity index (χ4v) is 2.87. The van der Waals surface area contributed by atoms with Gasteiger partial charge in [-0.05, 0) is 19.4 Å². The van der Waals surface area contributed by atoms with E-state index in [-0.39, 0.29) is 5.75 Å². The summed E-state index contributed by atoms with van der Waals surface area (Å²) < 4.78 is 35.0. The first-order valence-corrected chi connectivity index (χ1v) is 8.14. The Hall–Kier alpha value is -1.28. The number of alkyl halides is 2. The molecule has 2 rings (SSSR count). The van der Waals surface area contributed by atoms with Gasteiger partial charge < -0.3 is 19.9 Å². The highest BCUT2D eigenvalue weighted by atomic mass is 19.3. The molecule has 0 radical (unpaired) electrons. The number of benzene rings is 1. The summed E-state index contributed by atoms with van der Waals surface area (Å²) in [6.45, 7) is 4.86. The summed E-state index contributed by atoms with van der Waals surface area (Å²) >= 11 is 0. The van der Waals surface area contributed by atoms with Crippen LogP contribution in [0.15, 0.2) is 18.2 Å². The third kappa shape index (κ3) is 5.98. The van der Waals surface area contributed by atoms with Crippen molar-refractivity contribution in [3.8, 4) is 5.75 Å². The van der Waals surface area contributed by atoms with Gasteiger partial charge in [0.25, 0.3) is 0 Å². The zero-order valence-corrected chi connectivity index (χ0v) is 14.2. The van der Waals surface area contributed by atoms with Gasteiger partial charge in [-0.25, -0.2) is 0 Å². The number of aliphatic hydroxyl groups is 1. The van der Waals surface area contributed by atoms with Crippen molar-refractivity contribution in [2.24, 2.45) is 0 Å². The average Bonchev–Trinajstić information content (AvgIpc) is 2.50. The number of nitrogens with zero attached hydrogens (tertiary/aromatic N) is 1. The van der Waals surface area contributed by atoms with Crippen LogP contribution < -0.4 is 10.1 Å². The predicted octanol–water partition coefficient (Wildman–Crippen LogP) is 1.77. The molecule has 0 bridgehead atoms. The molecule has 2 N–H and O–H groups in total. The second kappa shape index (κ2) is 8.71. The lowest BCUT2D eigenvalue weighted by Crippen LogP contribution is -2.50. The van der Waals surface area contributed by atoms with Gasteiger partial charge in [0.15, 0.2) is 0 Å². The van der Waals surface area contributed by atoms with E-state index in [4.69, 9.17) is 4.74 Å². The molecular weight excluding hydrogens is 318 g/mol. The maximum atomic E-state index is 12.6. The maximum Gasteiger partial charge on any atom is 0.387 e. The molecule has 0 saturated carbocycles. The quantitative estimate of drug-likeness (QED) is 0.753. The maximum absolute atomic E-state index is 12.6. The zero-order valence-electron chi connectivity index (χ0n) is 14.2. The van der Waals surface area contributed by atoms with Crippen LogP contribution in [0.3, 0.4) is 0 Å². The summed E-state index contributed by atoms with van der Waals surface area (Å²) in [4.78, 5) is 2.16. The molecule has 136 valence electrons. The molecule has 1 heterocycles. The summed E-state index contributed by atoms with van der Waals surface area (Å²) in [6, 6.07) is 5.28. The molecule has 1 unspecified atom stereocenters. The highest BCUT2D eigenvalue weighted by Gasteiger charge is 2.25. The summed E-state index contributed by atoms with van der Waals surface area (Å²) in [5, 5.41) is 13.7. The Kier molecular flexibility index (Phi) is 6.91. The van der Waals surface area contributed by atoms with Gasteiger partial charge in [-0.1, -0.05) is 18.2 Å². The largest absolute Gasteiger partial charge is 0.434 e. The van der Waals surface area contributed by atoms with E-state index in [1.54, 1.807) is 32.0 Å². The van der Waals surface area contributed by atoms with Crippen LogP contribution in [-0.2, 0) is 11.3 Å². The number of ether oxygens (including phenoxy) is 2. The van der Waals surface area contributed by atoms with Crippen LogP contribution >= 0.6 is 0 Å². The Bertz CT molecular complexity index is 521. The number of β-amino-alcohol motifs (C(OH)–C–C–N with tert-alkyl or cyclic N) is 1. The van der Waals surface area contributed by atoms with Gasteiger partial charge in [0.05, 0.1) is 18.8 Å². The number of halogens is 2. The third-order valence-corrected chi connectivity index (χ3v) is 3.99. The van der Waals surface area contributed by atoms with Crippen molar-refractivity contribution >= 4 is 0 Å². The molecule has 1 atom stereocenters. The van der Waals surface area contributed by atoms with E-state index in [0.29, 0.717) is 44.0 Å². The topological polar surface area (TPSA) is 54.0 Å². The average molecular weight is 344 g/mol. The summed E-state index contributed by atoms with van der Waals surface area (Å²) in [5.74, 6) is 0.202. The van der Waals surface area contributed by atoms with E-state index < -0.39 is 12.2 Å². The minimum atomic E-state index is -2.85. The van der Waals surface area contributed by atoms with Gasteiger partial charge >= 0.3 is 6.61 Å². The SMILES string of the molecule is Cc1cccc(CNCC(C)(O)CN2CCOCC2)c1OC(F)F. The van der Waals surface area contributed by atoms with Crippen molar-refractivity contribution in [1.29, 1.82) is 0 Å². The fourth-order valence-electron chi connectivity index (χ4n) is 2.87. The van der Waals surface area contributed by atoms with Crippen LogP contribution in [0.4, 0.5) is 8.78 Å². The van der Waals surface area contributed by atoms with E-state index in [1.807, 2.05) is 0 Å². The first kappa shape index (κ1) is 19.1. The van der Waals surface area contributed by atoms with Gasteiger partial charge in [-0.15, -0.1) is 0 Å². The Balaban J connectivity index is 1.87. The Morgan fingerprint density at radius 3 is 2.75 bits per heavy atom. The smallest absolute Gasteiger partial charge is 0.387 e. The number of aryl methyl sites for hydroxylation is 1. The van der Waals surface area contributed by atoms with Gasteiger partial charge in [-0.3, -0.25) is 4.90 Å².